The highest BCUT2D eigenvalue weighted by Gasteiger charge is 2.44. The summed E-state index contributed by atoms with van der Waals surface area (Å²) >= 11 is 3.41. The predicted octanol–water partition coefficient (Wildman–Crippen LogP) is 0.812. The third kappa shape index (κ3) is 3.42. The van der Waals surface area contributed by atoms with Gasteiger partial charge < -0.3 is 25.4 Å². The zero-order valence-electron chi connectivity index (χ0n) is 14.1. The Kier molecular flexibility index (Phi) is 5.06. The summed E-state index contributed by atoms with van der Waals surface area (Å²) in [4.78, 5) is 12.8. The molecule has 0 unspecified atom stereocenters. The summed E-state index contributed by atoms with van der Waals surface area (Å²) in [6, 6.07) is 7.91. The second-order valence-electron chi connectivity index (χ2n) is 6.26. The van der Waals surface area contributed by atoms with Crippen molar-refractivity contribution in [3.63, 3.8) is 0 Å². The van der Waals surface area contributed by atoms with Crippen LogP contribution in [0.15, 0.2) is 41.4 Å². The Morgan fingerprint density at radius 1 is 1.11 bits per heavy atom. The van der Waals surface area contributed by atoms with Gasteiger partial charge in [0.15, 0.2) is 23.2 Å². The maximum absolute atomic E-state index is 10.2. The molecule has 1 saturated heterocycles. The summed E-state index contributed by atoms with van der Waals surface area (Å²) in [7, 11) is 0. The highest BCUT2D eigenvalue weighted by molar-refractivity contribution is 9.10. The lowest BCUT2D eigenvalue weighted by Gasteiger charge is -2.16. The molecule has 0 bridgehead atoms. The SMILES string of the molecule is OC[C@H]1O[C@@H](n2cnc3c(NCc4ccc(Br)cc4)ncnc32)[C@@H](O)[C@@H]1O. The molecule has 0 saturated carbocycles. The van der Waals surface area contributed by atoms with E-state index in [1.165, 1.54) is 17.2 Å². The Balaban J connectivity index is 1.59. The van der Waals surface area contributed by atoms with E-state index in [9.17, 15) is 15.3 Å². The number of fused-ring (bicyclic) bond motifs is 1. The Labute approximate surface area is 162 Å². The second kappa shape index (κ2) is 7.49. The molecule has 4 rings (SSSR count). The minimum Gasteiger partial charge on any atom is -0.394 e. The topological polar surface area (TPSA) is 126 Å². The van der Waals surface area contributed by atoms with Crippen molar-refractivity contribution in [2.75, 3.05) is 11.9 Å². The van der Waals surface area contributed by atoms with E-state index in [1.807, 2.05) is 24.3 Å². The number of imidazole rings is 1. The van der Waals surface area contributed by atoms with Crippen molar-refractivity contribution in [3.8, 4) is 0 Å². The van der Waals surface area contributed by atoms with Crippen molar-refractivity contribution in [3.05, 3.63) is 47.0 Å². The van der Waals surface area contributed by atoms with Crippen molar-refractivity contribution >= 4 is 32.9 Å². The van der Waals surface area contributed by atoms with Gasteiger partial charge in [0.2, 0.25) is 0 Å². The molecule has 27 heavy (non-hydrogen) atoms. The van der Waals surface area contributed by atoms with Crippen LogP contribution in [0.2, 0.25) is 0 Å². The van der Waals surface area contributed by atoms with Crippen LogP contribution in [-0.2, 0) is 11.3 Å². The van der Waals surface area contributed by atoms with Gasteiger partial charge in [-0.2, -0.15) is 0 Å². The molecule has 4 atom stereocenters. The number of rotatable bonds is 5. The summed E-state index contributed by atoms with van der Waals surface area (Å²) in [5.74, 6) is 0.549. The molecule has 1 aliphatic rings. The molecule has 0 amide bonds. The Bertz CT molecular complexity index is 935. The molecule has 142 valence electrons. The first kappa shape index (κ1) is 18.3. The van der Waals surface area contributed by atoms with Gasteiger partial charge in [-0.15, -0.1) is 0 Å². The molecule has 9 nitrogen and oxygen atoms in total. The number of aliphatic hydroxyl groups is 3. The molecule has 3 heterocycles. The van der Waals surface area contributed by atoms with Gasteiger partial charge in [-0.3, -0.25) is 4.57 Å². The largest absolute Gasteiger partial charge is 0.394 e. The van der Waals surface area contributed by atoms with E-state index in [0.717, 1.165) is 10.0 Å². The van der Waals surface area contributed by atoms with Crippen molar-refractivity contribution in [1.82, 2.24) is 19.5 Å². The predicted molar refractivity (Wildman–Crippen MR) is 99.8 cm³/mol. The molecule has 1 aliphatic heterocycles. The number of nitrogens with zero attached hydrogens (tertiary/aromatic N) is 4. The number of halogens is 1. The first-order valence-electron chi connectivity index (χ1n) is 8.37. The van der Waals surface area contributed by atoms with E-state index in [-0.39, 0.29) is 0 Å². The molecule has 2 aromatic heterocycles. The first-order valence-corrected chi connectivity index (χ1v) is 9.16. The number of aromatic nitrogens is 4. The molecule has 0 spiro atoms. The molecule has 0 aliphatic carbocycles. The zero-order chi connectivity index (χ0) is 19.0. The third-order valence-electron chi connectivity index (χ3n) is 4.52. The molecule has 1 fully saturated rings. The van der Waals surface area contributed by atoms with Gasteiger partial charge in [0.05, 0.1) is 12.9 Å². The second-order valence-corrected chi connectivity index (χ2v) is 7.17. The molecule has 4 N–H and O–H groups in total. The van der Waals surface area contributed by atoms with E-state index in [4.69, 9.17) is 4.74 Å². The zero-order valence-corrected chi connectivity index (χ0v) is 15.7. The summed E-state index contributed by atoms with van der Waals surface area (Å²) in [6.07, 6.45) is -1.27. The number of aliphatic hydroxyl groups excluding tert-OH is 3. The third-order valence-corrected chi connectivity index (χ3v) is 5.05. The van der Waals surface area contributed by atoms with Crippen LogP contribution in [-0.4, -0.2) is 59.8 Å². The number of nitrogens with one attached hydrogen (secondary N) is 1. The van der Waals surface area contributed by atoms with Crippen molar-refractivity contribution in [2.24, 2.45) is 0 Å². The lowest BCUT2D eigenvalue weighted by molar-refractivity contribution is -0.0511. The fourth-order valence-electron chi connectivity index (χ4n) is 3.07. The van der Waals surface area contributed by atoms with Crippen molar-refractivity contribution < 1.29 is 20.1 Å². The molecule has 1 aromatic carbocycles. The van der Waals surface area contributed by atoms with E-state index in [2.05, 4.69) is 36.2 Å². The quantitative estimate of drug-likeness (QED) is 0.463. The lowest BCUT2D eigenvalue weighted by Crippen LogP contribution is -2.33. The standard InChI is InChI=1S/C17H18BrN5O4/c18-10-3-1-9(2-4-10)5-19-15-12-16(21-7-20-15)23(8-22-12)17-14(26)13(25)11(6-24)27-17/h1-4,7-8,11,13-14,17,24-26H,5-6H2,(H,19,20,21)/t11-,13-,14+,17-/m1/s1. The van der Waals surface area contributed by atoms with Crippen LogP contribution in [0.3, 0.4) is 0 Å². The van der Waals surface area contributed by atoms with Gasteiger partial charge in [-0.05, 0) is 17.7 Å². The molecule has 0 radical (unpaired) electrons. The minimum absolute atomic E-state index is 0.393. The fourth-order valence-corrected chi connectivity index (χ4v) is 3.33. The van der Waals surface area contributed by atoms with Gasteiger partial charge >= 0.3 is 0 Å². The van der Waals surface area contributed by atoms with Crippen LogP contribution in [0.1, 0.15) is 11.8 Å². The average molecular weight is 436 g/mol. The lowest BCUT2D eigenvalue weighted by atomic mass is 10.1. The minimum atomic E-state index is -1.20. The number of anilines is 1. The summed E-state index contributed by atoms with van der Waals surface area (Å²) in [5, 5.41) is 32.7. The van der Waals surface area contributed by atoms with Crippen LogP contribution in [0.4, 0.5) is 5.82 Å². The monoisotopic (exact) mass is 435 g/mol. The van der Waals surface area contributed by atoms with Gasteiger partial charge in [-0.1, -0.05) is 28.1 Å². The fraction of sp³-hybridized carbons (Fsp3) is 0.353. The van der Waals surface area contributed by atoms with Crippen LogP contribution in [0.25, 0.3) is 11.2 Å². The number of hydrogen-bond donors (Lipinski definition) is 4. The number of hydrogen-bond acceptors (Lipinski definition) is 8. The van der Waals surface area contributed by atoms with Gasteiger partial charge in [0.1, 0.15) is 24.6 Å². The maximum Gasteiger partial charge on any atom is 0.167 e. The highest BCUT2D eigenvalue weighted by atomic mass is 79.9. The van der Waals surface area contributed by atoms with Crippen LogP contribution >= 0.6 is 15.9 Å². The maximum atomic E-state index is 10.2. The Hall–Kier alpha value is -2.11. The highest BCUT2D eigenvalue weighted by Crippen LogP contribution is 2.32. The molecule has 10 heteroatoms. The van der Waals surface area contributed by atoms with Crippen molar-refractivity contribution in [1.29, 1.82) is 0 Å². The van der Waals surface area contributed by atoms with E-state index in [1.54, 1.807) is 0 Å². The Morgan fingerprint density at radius 3 is 2.59 bits per heavy atom. The number of benzene rings is 1. The summed E-state index contributed by atoms with van der Waals surface area (Å²) in [5.41, 5.74) is 2.05. The Morgan fingerprint density at radius 2 is 1.89 bits per heavy atom. The van der Waals surface area contributed by atoms with Gasteiger partial charge in [-0.25, -0.2) is 15.0 Å². The van der Waals surface area contributed by atoms with E-state index in [0.29, 0.717) is 23.5 Å². The van der Waals surface area contributed by atoms with E-state index >= 15 is 0 Å². The first-order chi connectivity index (χ1) is 13.1. The van der Waals surface area contributed by atoms with Gasteiger partial charge in [0.25, 0.3) is 0 Å². The van der Waals surface area contributed by atoms with Gasteiger partial charge in [0, 0.05) is 11.0 Å². The summed E-state index contributed by atoms with van der Waals surface area (Å²) in [6.45, 7) is 0.163. The number of ether oxygens (including phenoxy) is 1. The molecular weight excluding hydrogens is 418 g/mol. The van der Waals surface area contributed by atoms with Crippen LogP contribution in [0.5, 0.6) is 0 Å². The summed E-state index contributed by atoms with van der Waals surface area (Å²) < 4.78 is 8.10. The molecular formula is C17H18BrN5O4. The molecule has 3 aromatic rings. The van der Waals surface area contributed by atoms with Crippen LogP contribution in [0, 0.1) is 0 Å². The van der Waals surface area contributed by atoms with Crippen LogP contribution < -0.4 is 5.32 Å². The smallest absolute Gasteiger partial charge is 0.167 e. The van der Waals surface area contributed by atoms with Crippen molar-refractivity contribution in [2.45, 2.75) is 31.1 Å². The average Bonchev–Trinajstić information content (AvgIpc) is 3.23. The normalized spacial score (nSPS) is 25.2. The van der Waals surface area contributed by atoms with E-state index < -0.39 is 31.1 Å².